The predicted molar refractivity (Wildman–Crippen MR) is 69.0 cm³/mol. The third-order valence-electron chi connectivity index (χ3n) is 3.49. The third-order valence-corrected chi connectivity index (χ3v) is 3.49. The second kappa shape index (κ2) is 6.63. The van der Waals surface area contributed by atoms with E-state index in [1.807, 2.05) is 4.90 Å². The molecule has 3 N–H and O–H groups in total. The van der Waals surface area contributed by atoms with Crippen molar-refractivity contribution < 1.29 is 9.90 Å². The van der Waals surface area contributed by atoms with Crippen LogP contribution in [0.4, 0.5) is 0 Å². The van der Waals surface area contributed by atoms with Gasteiger partial charge in [-0.25, -0.2) is 4.68 Å². The Morgan fingerprint density at radius 3 is 3.11 bits per heavy atom. The molecule has 1 aliphatic rings. The van der Waals surface area contributed by atoms with Gasteiger partial charge in [-0.05, 0) is 25.7 Å². The van der Waals surface area contributed by atoms with Crippen molar-refractivity contribution in [2.75, 3.05) is 13.2 Å². The molecular weight excluding hydrogens is 246 g/mol. The van der Waals surface area contributed by atoms with Gasteiger partial charge in [0.25, 0.3) is 0 Å². The monoisotopic (exact) mass is 267 g/mol. The Morgan fingerprint density at radius 1 is 1.58 bits per heavy atom. The molecule has 0 bridgehead atoms. The average molecular weight is 267 g/mol. The highest BCUT2D eigenvalue weighted by molar-refractivity contribution is 5.76. The maximum atomic E-state index is 12.2. The topological polar surface area (TPSA) is 97.3 Å². The van der Waals surface area contributed by atoms with E-state index in [-0.39, 0.29) is 25.1 Å². The summed E-state index contributed by atoms with van der Waals surface area (Å²) < 4.78 is 1.53. The molecule has 0 radical (unpaired) electrons. The Kier molecular flexibility index (Phi) is 4.86. The summed E-state index contributed by atoms with van der Waals surface area (Å²) in [5.41, 5.74) is 6.14. The van der Waals surface area contributed by atoms with Gasteiger partial charge in [-0.1, -0.05) is 5.21 Å². The molecular formula is C12H21N5O2. The normalized spacial score (nSPS) is 19.1. The van der Waals surface area contributed by atoms with E-state index >= 15 is 0 Å². The van der Waals surface area contributed by atoms with E-state index in [0.29, 0.717) is 12.2 Å². The SMILES string of the molecule is NCc1cn(CC(=O)N2CCCC2CCCO)nn1. The number of nitrogens with two attached hydrogens (primary N) is 1. The number of hydrogen-bond donors (Lipinski definition) is 2. The first-order valence-corrected chi connectivity index (χ1v) is 6.74. The number of hydrogen-bond acceptors (Lipinski definition) is 5. The van der Waals surface area contributed by atoms with Crippen molar-refractivity contribution in [2.24, 2.45) is 5.73 Å². The molecule has 0 aliphatic carbocycles. The fourth-order valence-corrected chi connectivity index (χ4v) is 2.53. The lowest BCUT2D eigenvalue weighted by Crippen LogP contribution is -2.38. The van der Waals surface area contributed by atoms with E-state index in [1.54, 1.807) is 6.20 Å². The van der Waals surface area contributed by atoms with Crippen molar-refractivity contribution in [3.8, 4) is 0 Å². The maximum Gasteiger partial charge on any atom is 0.244 e. The van der Waals surface area contributed by atoms with Gasteiger partial charge in [0.1, 0.15) is 6.54 Å². The van der Waals surface area contributed by atoms with Crippen LogP contribution in [0.3, 0.4) is 0 Å². The van der Waals surface area contributed by atoms with Crippen LogP contribution in [-0.4, -0.2) is 50.1 Å². The molecule has 0 aromatic carbocycles. The minimum atomic E-state index is 0.0638. The highest BCUT2D eigenvalue weighted by atomic mass is 16.3. The summed E-state index contributed by atoms with van der Waals surface area (Å²) in [5, 5.41) is 16.6. The van der Waals surface area contributed by atoms with Gasteiger partial charge in [-0.2, -0.15) is 0 Å². The quantitative estimate of drug-likeness (QED) is 0.724. The minimum absolute atomic E-state index is 0.0638. The Balaban J connectivity index is 1.91. The molecule has 7 heteroatoms. The van der Waals surface area contributed by atoms with Crippen LogP contribution < -0.4 is 5.73 Å². The van der Waals surface area contributed by atoms with Crippen LogP contribution in [0, 0.1) is 0 Å². The number of carbonyl (C=O) groups is 1. The molecule has 1 atom stereocenters. The van der Waals surface area contributed by atoms with E-state index in [1.165, 1.54) is 4.68 Å². The lowest BCUT2D eigenvalue weighted by molar-refractivity contribution is -0.133. The van der Waals surface area contributed by atoms with Crippen molar-refractivity contribution in [3.63, 3.8) is 0 Å². The summed E-state index contributed by atoms with van der Waals surface area (Å²) >= 11 is 0. The lowest BCUT2D eigenvalue weighted by atomic mass is 10.1. The number of rotatable bonds is 6. The molecule has 1 aromatic rings. The molecule has 2 heterocycles. The Morgan fingerprint density at radius 2 is 2.42 bits per heavy atom. The standard InChI is InChI=1S/C12H21N5O2/c13-7-10-8-16(15-14-10)9-12(19)17-5-1-3-11(17)4-2-6-18/h8,11,18H,1-7,9,13H2. The van der Waals surface area contributed by atoms with Gasteiger partial charge in [0.15, 0.2) is 0 Å². The van der Waals surface area contributed by atoms with Gasteiger partial charge in [-0.3, -0.25) is 4.79 Å². The van der Waals surface area contributed by atoms with E-state index in [2.05, 4.69) is 10.3 Å². The molecule has 0 saturated carbocycles. The number of amides is 1. The fraction of sp³-hybridized carbons (Fsp3) is 0.750. The van der Waals surface area contributed by atoms with Crippen LogP contribution in [0.1, 0.15) is 31.4 Å². The Hall–Kier alpha value is -1.47. The van der Waals surface area contributed by atoms with Crippen molar-refractivity contribution in [2.45, 2.75) is 44.8 Å². The summed E-state index contributed by atoms with van der Waals surface area (Å²) in [4.78, 5) is 14.1. The Bertz CT molecular complexity index is 420. The van der Waals surface area contributed by atoms with Crippen molar-refractivity contribution in [1.82, 2.24) is 19.9 Å². The number of aliphatic hydroxyl groups excluding tert-OH is 1. The van der Waals surface area contributed by atoms with Gasteiger partial charge in [0.05, 0.1) is 11.9 Å². The van der Waals surface area contributed by atoms with E-state index in [0.717, 1.165) is 32.2 Å². The van der Waals surface area contributed by atoms with E-state index < -0.39 is 0 Å². The molecule has 1 fully saturated rings. The zero-order chi connectivity index (χ0) is 13.7. The van der Waals surface area contributed by atoms with Gasteiger partial charge >= 0.3 is 0 Å². The molecule has 1 amide bonds. The zero-order valence-electron chi connectivity index (χ0n) is 11.0. The smallest absolute Gasteiger partial charge is 0.244 e. The van der Waals surface area contributed by atoms with Gasteiger partial charge in [-0.15, -0.1) is 5.10 Å². The van der Waals surface area contributed by atoms with Gasteiger partial charge < -0.3 is 15.7 Å². The molecule has 1 unspecified atom stereocenters. The van der Waals surface area contributed by atoms with E-state index in [9.17, 15) is 4.79 Å². The van der Waals surface area contributed by atoms with Crippen LogP contribution in [-0.2, 0) is 17.9 Å². The van der Waals surface area contributed by atoms with Gasteiger partial charge in [0.2, 0.25) is 5.91 Å². The first-order chi connectivity index (χ1) is 9.24. The first-order valence-electron chi connectivity index (χ1n) is 6.74. The van der Waals surface area contributed by atoms with Crippen molar-refractivity contribution in [3.05, 3.63) is 11.9 Å². The number of likely N-dealkylation sites (tertiary alicyclic amines) is 1. The van der Waals surface area contributed by atoms with Crippen LogP contribution >= 0.6 is 0 Å². The maximum absolute atomic E-state index is 12.2. The summed E-state index contributed by atoms with van der Waals surface area (Å²) in [5.74, 6) is 0.0638. The second-order valence-corrected chi connectivity index (χ2v) is 4.86. The molecule has 7 nitrogen and oxygen atoms in total. The highest BCUT2D eigenvalue weighted by Gasteiger charge is 2.28. The van der Waals surface area contributed by atoms with Crippen LogP contribution in [0.5, 0.6) is 0 Å². The van der Waals surface area contributed by atoms with Crippen LogP contribution in [0.15, 0.2) is 6.20 Å². The summed E-state index contributed by atoms with van der Waals surface area (Å²) in [7, 11) is 0. The first kappa shape index (κ1) is 14.0. The molecule has 1 saturated heterocycles. The summed E-state index contributed by atoms with van der Waals surface area (Å²) in [6.07, 6.45) is 5.38. The molecule has 1 aromatic heterocycles. The largest absolute Gasteiger partial charge is 0.396 e. The number of nitrogens with zero attached hydrogens (tertiary/aromatic N) is 4. The molecule has 0 spiro atoms. The van der Waals surface area contributed by atoms with E-state index in [4.69, 9.17) is 10.8 Å². The molecule has 2 rings (SSSR count). The van der Waals surface area contributed by atoms with Crippen LogP contribution in [0.25, 0.3) is 0 Å². The fourth-order valence-electron chi connectivity index (χ4n) is 2.53. The molecule has 19 heavy (non-hydrogen) atoms. The minimum Gasteiger partial charge on any atom is -0.396 e. The second-order valence-electron chi connectivity index (χ2n) is 4.86. The lowest BCUT2D eigenvalue weighted by Gasteiger charge is -2.24. The number of carbonyl (C=O) groups excluding carboxylic acids is 1. The van der Waals surface area contributed by atoms with Gasteiger partial charge in [0, 0.05) is 25.7 Å². The zero-order valence-corrected chi connectivity index (χ0v) is 11.0. The molecule has 106 valence electrons. The third kappa shape index (κ3) is 3.51. The predicted octanol–water partition coefficient (Wildman–Crippen LogP) is -0.500. The average Bonchev–Trinajstić information content (AvgIpc) is 3.04. The summed E-state index contributed by atoms with van der Waals surface area (Å²) in [6.45, 7) is 1.52. The van der Waals surface area contributed by atoms with Crippen molar-refractivity contribution in [1.29, 1.82) is 0 Å². The Labute approximate surface area is 112 Å². The summed E-state index contributed by atoms with van der Waals surface area (Å²) in [6, 6.07) is 0.261. The number of aromatic nitrogens is 3. The molecule has 1 aliphatic heterocycles. The number of aliphatic hydroxyl groups is 1. The van der Waals surface area contributed by atoms with Crippen molar-refractivity contribution >= 4 is 5.91 Å². The van der Waals surface area contributed by atoms with Crippen LogP contribution in [0.2, 0.25) is 0 Å². The highest BCUT2D eigenvalue weighted by Crippen LogP contribution is 2.21.